The Morgan fingerprint density at radius 2 is 2.09 bits per heavy atom. The highest BCUT2D eigenvalue weighted by Crippen LogP contribution is 2.21. The predicted molar refractivity (Wildman–Crippen MR) is 50.1 cm³/mol. The van der Waals surface area contributed by atoms with Crippen LogP contribution in [0.3, 0.4) is 0 Å². The highest BCUT2D eigenvalue weighted by molar-refractivity contribution is 6.18. The lowest BCUT2D eigenvalue weighted by atomic mass is 9.89. The van der Waals surface area contributed by atoms with Crippen LogP contribution in [0.2, 0.25) is 0 Å². The van der Waals surface area contributed by atoms with Crippen molar-refractivity contribution < 1.29 is 0 Å². The Bertz CT molecular complexity index is 116. The van der Waals surface area contributed by atoms with E-state index in [0.29, 0.717) is 0 Å². The average Bonchev–Trinajstić information content (AvgIpc) is 1.98. The van der Waals surface area contributed by atoms with Gasteiger partial charge in [0.05, 0.1) is 0 Å². The maximum atomic E-state index is 5.68. The summed E-state index contributed by atoms with van der Waals surface area (Å²) in [6.45, 7) is 8.25. The number of nitrogens with zero attached hydrogens (tertiary/aromatic N) is 1. The molecule has 11 heavy (non-hydrogen) atoms. The average molecular weight is 176 g/mol. The van der Waals surface area contributed by atoms with E-state index in [1.54, 1.807) is 0 Å². The van der Waals surface area contributed by atoms with E-state index in [0.717, 1.165) is 24.3 Å². The van der Waals surface area contributed by atoms with Crippen LogP contribution in [0.15, 0.2) is 0 Å². The van der Waals surface area contributed by atoms with Crippen molar-refractivity contribution in [3.8, 4) is 0 Å². The van der Waals surface area contributed by atoms with E-state index in [-0.39, 0.29) is 0 Å². The minimum atomic E-state index is 0.779. The van der Waals surface area contributed by atoms with Crippen molar-refractivity contribution in [3.63, 3.8) is 0 Å². The molecule has 0 aromatic rings. The lowest BCUT2D eigenvalue weighted by Gasteiger charge is -2.34. The van der Waals surface area contributed by atoms with Crippen molar-refractivity contribution in [2.45, 2.75) is 20.3 Å². The first-order chi connectivity index (χ1) is 5.24. The summed E-state index contributed by atoms with van der Waals surface area (Å²) < 4.78 is 0. The first kappa shape index (κ1) is 9.34. The third-order valence-corrected chi connectivity index (χ3v) is 2.99. The molecule has 2 atom stereocenters. The van der Waals surface area contributed by atoms with Crippen LogP contribution in [0.5, 0.6) is 0 Å². The number of alkyl halides is 1. The Morgan fingerprint density at radius 1 is 1.36 bits per heavy atom. The SMILES string of the molecule is CC1CCN(CCCl)CC1C. The summed E-state index contributed by atoms with van der Waals surface area (Å²) in [5.41, 5.74) is 0. The number of likely N-dealkylation sites (tertiary alicyclic amines) is 1. The Hall–Kier alpha value is 0.250. The minimum absolute atomic E-state index is 0.779. The van der Waals surface area contributed by atoms with Crippen LogP contribution in [0.4, 0.5) is 0 Å². The lowest BCUT2D eigenvalue weighted by Crippen LogP contribution is -2.39. The normalized spacial score (nSPS) is 34.1. The fraction of sp³-hybridized carbons (Fsp3) is 1.00. The molecule has 0 aliphatic carbocycles. The van der Waals surface area contributed by atoms with E-state index < -0.39 is 0 Å². The second-order valence-electron chi connectivity index (χ2n) is 3.73. The zero-order valence-corrected chi connectivity index (χ0v) is 8.27. The highest BCUT2D eigenvalue weighted by atomic mass is 35.5. The number of hydrogen-bond acceptors (Lipinski definition) is 1. The summed E-state index contributed by atoms with van der Waals surface area (Å²) >= 11 is 5.68. The van der Waals surface area contributed by atoms with Gasteiger partial charge in [0.1, 0.15) is 0 Å². The van der Waals surface area contributed by atoms with E-state index in [2.05, 4.69) is 18.7 Å². The number of rotatable bonds is 2. The monoisotopic (exact) mass is 175 g/mol. The molecular weight excluding hydrogens is 158 g/mol. The zero-order valence-electron chi connectivity index (χ0n) is 7.52. The van der Waals surface area contributed by atoms with Crippen molar-refractivity contribution >= 4 is 11.6 Å². The van der Waals surface area contributed by atoms with E-state index >= 15 is 0 Å². The van der Waals surface area contributed by atoms with Gasteiger partial charge in [-0.2, -0.15) is 0 Å². The maximum absolute atomic E-state index is 5.68. The Balaban J connectivity index is 2.28. The molecule has 1 aliphatic rings. The summed E-state index contributed by atoms with van der Waals surface area (Å²) in [6.07, 6.45) is 1.35. The van der Waals surface area contributed by atoms with Crippen LogP contribution in [-0.2, 0) is 0 Å². The van der Waals surface area contributed by atoms with Gasteiger partial charge < -0.3 is 4.90 Å². The van der Waals surface area contributed by atoms with Gasteiger partial charge in [0, 0.05) is 19.0 Å². The third-order valence-electron chi connectivity index (χ3n) is 2.82. The molecule has 1 rings (SSSR count). The molecule has 0 N–H and O–H groups in total. The number of halogens is 1. The Kier molecular flexibility index (Phi) is 3.67. The summed E-state index contributed by atoms with van der Waals surface area (Å²) in [6, 6.07) is 0. The summed E-state index contributed by atoms with van der Waals surface area (Å²) in [5, 5.41) is 0. The molecule has 2 heteroatoms. The Morgan fingerprint density at radius 3 is 2.64 bits per heavy atom. The molecule has 0 spiro atoms. The molecule has 1 heterocycles. The number of hydrogen-bond donors (Lipinski definition) is 0. The predicted octanol–water partition coefficient (Wildman–Crippen LogP) is 2.20. The van der Waals surface area contributed by atoms with Crippen LogP contribution in [0.25, 0.3) is 0 Å². The van der Waals surface area contributed by atoms with E-state index in [1.807, 2.05) is 0 Å². The summed E-state index contributed by atoms with van der Waals surface area (Å²) in [5.74, 6) is 2.54. The van der Waals surface area contributed by atoms with Crippen molar-refractivity contribution in [2.75, 3.05) is 25.5 Å². The van der Waals surface area contributed by atoms with Gasteiger partial charge in [0.2, 0.25) is 0 Å². The van der Waals surface area contributed by atoms with Gasteiger partial charge in [-0.05, 0) is 24.8 Å². The van der Waals surface area contributed by atoms with Gasteiger partial charge >= 0.3 is 0 Å². The van der Waals surface area contributed by atoms with Gasteiger partial charge in [0.15, 0.2) is 0 Å². The fourth-order valence-electron chi connectivity index (χ4n) is 1.67. The minimum Gasteiger partial charge on any atom is -0.302 e. The molecule has 0 saturated carbocycles. The summed E-state index contributed by atoms with van der Waals surface area (Å²) in [7, 11) is 0. The highest BCUT2D eigenvalue weighted by Gasteiger charge is 2.21. The molecular formula is C9H18ClN. The lowest BCUT2D eigenvalue weighted by molar-refractivity contribution is 0.145. The van der Waals surface area contributed by atoms with Crippen LogP contribution < -0.4 is 0 Å². The van der Waals surface area contributed by atoms with Gasteiger partial charge in [-0.3, -0.25) is 0 Å². The van der Waals surface area contributed by atoms with Gasteiger partial charge in [-0.15, -0.1) is 11.6 Å². The standard InChI is InChI=1S/C9H18ClN/c1-8-3-5-11(6-4-10)7-9(8)2/h8-9H,3-7H2,1-2H3. The smallest absolute Gasteiger partial charge is 0.0351 e. The third kappa shape index (κ3) is 2.64. The summed E-state index contributed by atoms with van der Waals surface area (Å²) in [4.78, 5) is 2.47. The number of piperidine rings is 1. The van der Waals surface area contributed by atoms with E-state index in [9.17, 15) is 0 Å². The molecule has 0 radical (unpaired) electrons. The van der Waals surface area contributed by atoms with Crippen LogP contribution in [0, 0.1) is 11.8 Å². The van der Waals surface area contributed by atoms with Crippen molar-refractivity contribution in [1.29, 1.82) is 0 Å². The first-order valence-electron chi connectivity index (χ1n) is 4.52. The molecule has 0 aromatic heterocycles. The molecule has 66 valence electrons. The second kappa shape index (κ2) is 4.32. The van der Waals surface area contributed by atoms with Crippen LogP contribution in [0.1, 0.15) is 20.3 Å². The molecule has 0 amide bonds. The zero-order chi connectivity index (χ0) is 8.27. The van der Waals surface area contributed by atoms with Crippen molar-refractivity contribution in [1.82, 2.24) is 4.90 Å². The van der Waals surface area contributed by atoms with E-state index in [4.69, 9.17) is 11.6 Å². The van der Waals surface area contributed by atoms with Crippen molar-refractivity contribution in [2.24, 2.45) is 11.8 Å². The second-order valence-corrected chi connectivity index (χ2v) is 4.11. The quantitative estimate of drug-likeness (QED) is 0.582. The first-order valence-corrected chi connectivity index (χ1v) is 5.05. The van der Waals surface area contributed by atoms with Gasteiger partial charge in [-0.25, -0.2) is 0 Å². The van der Waals surface area contributed by atoms with E-state index in [1.165, 1.54) is 19.5 Å². The largest absolute Gasteiger partial charge is 0.302 e. The van der Waals surface area contributed by atoms with Crippen molar-refractivity contribution in [3.05, 3.63) is 0 Å². The van der Waals surface area contributed by atoms with Crippen LogP contribution in [-0.4, -0.2) is 30.4 Å². The molecule has 1 saturated heterocycles. The maximum Gasteiger partial charge on any atom is 0.0351 e. The fourth-order valence-corrected chi connectivity index (χ4v) is 1.91. The van der Waals surface area contributed by atoms with Crippen LogP contribution >= 0.6 is 11.6 Å². The molecule has 2 unspecified atom stereocenters. The topological polar surface area (TPSA) is 3.24 Å². The van der Waals surface area contributed by atoms with Gasteiger partial charge in [0.25, 0.3) is 0 Å². The molecule has 1 fully saturated rings. The molecule has 1 aliphatic heterocycles. The molecule has 0 aromatic carbocycles. The molecule has 0 bridgehead atoms. The Labute approximate surface area is 74.7 Å². The van der Waals surface area contributed by atoms with Gasteiger partial charge in [-0.1, -0.05) is 13.8 Å². The molecule has 1 nitrogen and oxygen atoms in total.